The average molecular weight is 477 g/mol. The van der Waals surface area contributed by atoms with E-state index in [1.807, 2.05) is 37.8 Å². The van der Waals surface area contributed by atoms with Gasteiger partial charge in [0.25, 0.3) is 10.0 Å². The number of thiazole rings is 1. The van der Waals surface area contributed by atoms with Gasteiger partial charge in [0.2, 0.25) is 5.91 Å². The fourth-order valence-electron chi connectivity index (χ4n) is 3.54. The van der Waals surface area contributed by atoms with Gasteiger partial charge >= 0.3 is 0 Å². The lowest BCUT2D eigenvalue weighted by molar-refractivity contribution is -0.114. The van der Waals surface area contributed by atoms with Crippen LogP contribution >= 0.6 is 11.3 Å². The van der Waals surface area contributed by atoms with Crippen LogP contribution in [-0.2, 0) is 14.8 Å². The zero-order valence-electron chi connectivity index (χ0n) is 18.2. The van der Waals surface area contributed by atoms with Gasteiger partial charge in [0.05, 0.1) is 11.9 Å². The van der Waals surface area contributed by atoms with Crippen LogP contribution in [0.5, 0.6) is 0 Å². The van der Waals surface area contributed by atoms with Crippen molar-refractivity contribution in [3.05, 3.63) is 35.5 Å². The van der Waals surface area contributed by atoms with Crippen molar-refractivity contribution in [3.63, 3.8) is 0 Å². The van der Waals surface area contributed by atoms with Gasteiger partial charge in [-0.3, -0.25) is 4.79 Å². The maximum Gasteiger partial charge on any atom is 0.254 e. The highest BCUT2D eigenvalue weighted by Crippen LogP contribution is 2.27. The summed E-state index contributed by atoms with van der Waals surface area (Å²) in [7, 11) is -3.68. The molecule has 3 aromatic heterocycles. The van der Waals surface area contributed by atoms with Gasteiger partial charge in [-0.05, 0) is 26.8 Å². The van der Waals surface area contributed by atoms with Crippen LogP contribution in [0.25, 0.3) is 5.82 Å². The molecule has 4 rings (SSSR count). The van der Waals surface area contributed by atoms with Gasteiger partial charge < -0.3 is 10.2 Å². The summed E-state index contributed by atoms with van der Waals surface area (Å²) in [5.74, 6) is 1.75. The van der Waals surface area contributed by atoms with Crippen molar-refractivity contribution in [1.29, 1.82) is 0 Å². The minimum Gasteiger partial charge on any atom is -0.354 e. The summed E-state index contributed by atoms with van der Waals surface area (Å²) >= 11 is 0.947. The first-order valence-corrected chi connectivity index (χ1v) is 12.3. The number of sulfonamides is 1. The summed E-state index contributed by atoms with van der Waals surface area (Å²) in [4.78, 5) is 26.3. The third-order valence-electron chi connectivity index (χ3n) is 4.96. The van der Waals surface area contributed by atoms with Crippen LogP contribution in [0.4, 0.5) is 10.9 Å². The number of carbonyl (C=O) groups excluding carboxylic acids is 1. The average Bonchev–Trinajstić information content (AvgIpc) is 3.33. The topological polar surface area (TPSA) is 126 Å². The summed E-state index contributed by atoms with van der Waals surface area (Å²) < 4.78 is 29.3. The van der Waals surface area contributed by atoms with Gasteiger partial charge in [0.15, 0.2) is 15.2 Å². The molecule has 11 nitrogen and oxygen atoms in total. The number of anilines is 2. The fraction of sp³-hybridized carbons (Fsp3) is 0.421. The molecule has 0 aromatic carbocycles. The van der Waals surface area contributed by atoms with Crippen molar-refractivity contribution in [2.75, 3.05) is 36.4 Å². The highest BCUT2D eigenvalue weighted by molar-refractivity contribution is 7.91. The van der Waals surface area contributed by atoms with Gasteiger partial charge in [0, 0.05) is 44.9 Å². The van der Waals surface area contributed by atoms with E-state index in [2.05, 4.69) is 25.4 Å². The fourth-order valence-corrected chi connectivity index (χ4v) is 6.19. The Hall–Kier alpha value is -2.90. The predicted molar refractivity (Wildman–Crippen MR) is 121 cm³/mol. The van der Waals surface area contributed by atoms with Crippen LogP contribution in [-0.4, -0.2) is 69.5 Å². The first kappa shape index (κ1) is 22.3. The maximum absolute atomic E-state index is 13.0. The molecule has 1 N–H and O–H groups in total. The van der Waals surface area contributed by atoms with Crippen LogP contribution in [0.2, 0.25) is 0 Å². The zero-order chi connectivity index (χ0) is 23.0. The SMILES string of the molecule is CC(=O)Nc1ncc(S(=O)(=O)N2CCN(c3cc(-n4nc(C)cc4C)nc(C)n3)CC2)s1. The van der Waals surface area contributed by atoms with E-state index in [1.165, 1.54) is 17.4 Å². The van der Waals surface area contributed by atoms with Crippen LogP contribution in [0.3, 0.4) is 0 Å². The molecule has 0 saturated carbocycles. The van der Waals surface area contributed by atoms with Crippen molar-refractivity contribution >= 4 is 38.2 Å². The predicted octanol–water partition coefficient (Wildman–Crippen LogP) is 1.51. The molecule has 3 aromatic rings. The summed E-state index contributed by atoms with van der Waals surface area (Å²) in [6.07, 6.45) is 1.28. The molecule has 13 heteroatoms. The van der Waals surface area contributed by atoms with E-state index in [0.29, 0.717) is 37.8 Å². The third-order valence-corrected chi connectivity index (χ3v) is 8.21. The molecule has 0 spiro atoms. The van der Waals surface area contributed by atoms with E-state index in [4.69, 9.17) is 0 Å². The molecule has 0 atom stereocenters. The molecule has 0 aliphatic carbocycles. The smallest absolute Gasteiger partial charge is 0.254 e. The number of rotatable bonds is 5. The Morgan fingerprint density at radius 2 is 1.75 bits per heavy atom. The van der Waals surface area contributed by atoms with E-state index in [9.17, 15) is 13.2 Å². The summed E-state index contributed by atoms with van der Waals surface area (Å²) in [5.41, 5.74) is 1.88. The van der Waals surface area contributed by atoms with Gasteiger partial charge in [-0.25, -0.2) is 28.1 Å². The maximum atomic E-state index is 13.0. The van der Waals surface area contributed by atoms with Gasteiger partial charge in [-0.15, -0.1) is 0 Å². The van der Waals surface area contributed by atoms with Crippen molar-refractivity contribution in [1.82, 2.24) is 29.0 Å². The van der Waals surface area contributed by atoms with E-state index in [0.717, 1.165) is 28.5 Å². The Balaban J connectivity index is 1.49. The van der Waals surface area contributed by atoms with Crippen molar-refractivity contribution in [2.24, 2.45) is 0 Å². The number of hydrogen-bond donors (Lipinski definition) is 1. The number of nitrogens with one attached hydrogen (secondary N) is 1. The molecule has 0 bridgehead atoms. The van der Waals surface area contributed by atoms with E-state index in [1.54, 1.807) is 4.68 Å². The second kappa shape index (κ2) is 8.56. The number of hydrogen-bond acceptors (Lipinski definition) is 9. The van der Waals surface area contributed by atoms with Gasteiger partial charge in [-0.1, -0.05) is 11.3 Å². The molecular formula is C19H24N8O3S2. The minimum absolute atomic E-state index is 0.111. The normalized spacial score (nSPS) is 15.2. The number of nitrogens with zero attached hydrogens (tertiary/aromatic N) is 7. The zero-order valence-corrected chi connectivity index (χ0v) is 19.9. The lowest BCUT2D eigenvalue weighted by atomic mass is 10.3. The Morgan fingerprint density at radius 1 is 1.06 bits per heavy atom. The second-order valence-corrected chi connectivity index (χ2v) is 10.7. The number of carbonyl (C=O) groups is 1. The number of aromatic nitrogens is 5. The Bertz CT molecular complexity index is 1260. The lowest BCUT2D eigenvalue weighted by Gasteiger charge is -2.34. The molecular weight excluding hydrogens is 452 g/mol. The summed E-state index contributed by atoms with van der Waals surface area (Å²) in [6.45, 7) is 8.69. The molecule has 32 heavy (non-hydrogen) atoms. The molecule has 0 radical (unpaired) electrons. The Morgan fingerprint density at radius 3 is 2.38 bits per heavy atom. The second-order valence-electron chi connectivity index (χ2n) is 7.53. The molecule has 1 fully saturated rings. The number of piperazine rings is 1. The first-order chi connectivity index (χ1) is 15.1. The minimum atomic E-state index is -3.68. The Kier molecular flexibility index (Phi) is 5.97. The van der Waals surface area contributed by atoms with Crippen LogP contribution in [0.1, 0.15) is 24.1 Å². The molecule has 0 unspecified atom stereocenters. The molecule has 1 amide bonds. The van der Waals surface area contributed by atoms with Crippen molar-refractivity contribution in [2.45, 2.75) is 31.9 Å². The largest absolute Gasteiger partial charge is 0.354 e. The molecule has 1 saturated heterocycles. The molecule has 1 aliphatic rings. The number of amides is 1. The molecule has 170 valence electrons. The summed E-state index contributed by atoms with van der Waals surface area (Å²) in [6, 6.07) is 3.86. The highest BCUT2D eigenvalue weighted by Gasteiger charge is 2.31. The van der Waals surface area contributed by atoms with Gasteiger partial charge in [0.1, 0.15) is 11.6 Å². The monoisotopic (exact) mass is 476 g/mol. The van der Waals surface area contributed by atoms with E-state index >= 15 is 0 Å². The van der Waals surface area contributed by atoms with E-state index in [-0.39, 0.29) is 15.2 Å². The van der Waals surface area contributed by atoms with Crippen LogP contribution in [0.15, 0.2) is 22.5 Å². The van der Waals surface area contributed by atoms with E-state index < -0.39 is 10.0 Å². The number of aryl methyl sites for hydroxylation is 3. The highest BCUT2D eigenvalue weighted by atomic mass is 32.2. The van der Waals surface area contributed by atoms with Crippen LogP contribution < -0.4 is 10.2 Å². The van der Waals surface area contributed by atoms with Crippen LogP contribution in [0, 0.1) is 20.8 Å². The lowest BCUT2D eigenvalue weighted by Crippen LogP contribution is -2.48. The Labute approximate surface area is 190 Å². The molecule has 4 heterocycles. The van der Waals surface area contributed by atoms with Crippen molar-refractivity contribution in [3.8, 4) is 5.82 Å². The standard InChI is InChI=1S/C19H24N8O3S2/c1-12-9-13(2)27(24-12)17-10-16(21-14(3)22-17)25-5-7-26(8-6-25)32(29,30)18-11-20-19(31-18)23-15(4)28/h9-11H,5-8H2,1-4H3,(H,20,23,28). The third kappa shape index (κ3) is 4.49. The first-order valence-electron chi connectivity index (χ1n) is 10.0. The van der Waals surface area contributed by atoms with Crippen molar-refractivity contribution < 1.29 is 13.2 Å². The molecule has 1 aliphatic heterocycles. The quantitative estimate of drug-likeness (QED) is 0.587. The van der Waals surface area contributed by atoms with Gasteiger partial charge in [-0.2, -0.15) is 9.40 Å². The summed E-state index contributed by atoms with van der Waals surface area (Å²) in [5, 5.41) is 7.28.